The summed E-state index contributed by atoms with van der Waals surface area (Å²) in [6.45, 7) is 0.0687. The fourth-order valence-electron chi connectivity index (χ4n) is 3.04. The van der Waals surface area contributed by atoms with E-state index in [9.17, 15) is 13.4 Å². The van der Waals surface area contributed by atoms with Crippen molar-refractivity contribution in [3.8, 4) is 16.9 Å². The number of hydrogen-bond acceptors (Lipinski definition) is 5. The fourth-order valence-corrected chi connectivity index (χ4v) is 4.68. The minimum atomic E-state index is -2.02. The number of amides is 1. The Morgan fingerprint density at radius 1 is 1.16 bits per heavy atom. The summed E-state index contributed by atoms with van der Waals surface area (Å²) in [5.74, 6) is -0.750. The van der Waals surface area contributed by atoms with Crippen molar-refractivity contribution in [2.24, 2.45) is 0 Å². The number of rotatable bonds is 6. The molecule has 2 aromatic carbocycles. The highest BCUT2D eigenvalue weighted by atomic mass is 32.2. The van der Waals surface area contributed by atoms with Crippen LogP contribution in [0.4, 0.5) is 4.39 Å². The van der Waals surface area contributed by atoms with Gasteiger partial charge in [-0.1, -0.05) is 42.2 Å². The smallest absolute Gasteiger partial charge is 0.266 e. The molecule has 6 nitrogen and oxygen atoms in total. The van der Waals surface area contributed by atoms with Gasteiger partial charge < -0.3 is 4.55 Å². The number of para-hydroxylation sites is 1. The molecule has 0 radical (unpaired) electrons. The van der Waals surface area contributed by atoms with Gasteiger partial charge in [0.2, 0.25) is 0 Å². The van der Waals surface area contributed by atoms with E-state index in [-0.39, 0.29) is 24.0 Å². The average molecular weight is 474 g/mol. The zero-order valence-corrected chi connectivity index (χ0v) is 18.4. The van der Waals surface area contributed by atoms with Crippen molar-refractivity contribution in [1.82, 2.24) is 14.7 Å². The number of nitrogens with zero attached hydrogens (tertiary/aromatic N) is 3. The van der Waals surface area contributed by atoms with Gasteiger partial charge in [-0.15, -0.1) is 0 Å². The van der Waals surface area contributed by atoms with Crippen LogP contribution in [-0.2, 0) is 15.9 Å². The first-order valence-corrected chi connectivity index (χ1v) is 11.7. The zero-order chi connectivity index (χ0) is 22.0. The number of thiocarbonyl (C=S) groups is 1. The van der Waals surface area contributed by atoms with Gasteiger partial charge in [0.1, 0.15) is 10.1 Å². The second kappa shape index (κ2) is 9.23. The fraction of sp³-hybridized carbons (Fsp3) is 0.0952. The van der Waals surface area contributed by atoms with Crippen molar-refractivity contribution < 1.29 is 17.9 Å². The van der Waals surface area contributed by atoms with Crippen molar-refractivity contribution in [3.63, 3.8) is 0 Å². The molecule has 0 bridgehead atoms. The van der Waals surface area contributed by atoms with E-state index in [2.05, 4.69) is 5.10 Å². The van der Waals surface area contributed by atoms with Crippen LogP contribution in [0.5, 0.6) is 0 Å². The Balaban J connectivity index is 1.74. The van der Waals surface area contributed by atoms with E-state index in [1.807, 2.05) is 30.3 Å². The Labute approximate surface area is 190 Å². The van der Waals surface area contributed by atoms with E-state index in [1.165, 1.54) is 17.0 Å². The minimum absolute atomic E-state index is 0.0687. The van der Waals surface area contributed by atoms with Crippen LogP contribution >= 0.6 is 24.0 Å². The summed E-state index contributed by atoms with van der Waals surface area (Å²) < 4.78 is 35.4. The summed E-state index contributed by atoms with van der Waals surface area (Å²) in [4.78, 5) is 14.5. The van der Waals surface area contributed by atoms with Crippen molar-refractivity contribution in [2.45, 2.75) is 0 Å². The van der Waals surface area contributed by atoms with Gasteiger partial charge in [0.05, 0.1) is 22.0 Å². The Morgan fingerprint density at radius 3 is 2.55 bits per heavy atom. The topological polar surface area (TPSA) is 75.4 Å². The molecule has 1 N–H and O–H groups in total. The molecule has 1 saturated heterocycles. The molecular formula is C21H16FN3O3S3. The van der Waals surface area contributed by atoms with Gasteiger partial charge in [-0.3, -0.25) is 9.69 Å². The Bertz CT molecular complexity index is 1190. The van der Waals surface area contributed by atoms with Crippen molar-refractivity contribution in [3.05, 3.63) is 77.1 Å². The van der Waals surface area contributed by atoms with Crippen molar-refractivity contribution in [2.75, 3.05) is 12.3 Å². The molecule has 158 valence electrons. The lowest BCUT2D eigenvalue weighted by molar-refractivity contribution is -0.121. The molecule has 0 aliphatic carbocycles. The van der Waals surface area contributed by atoms with E-state index < -0.39 is 11.1 Å². The summed E-state index contributed by atoms with van der Waals surface area (Å²) in [5.41, 5.74) is 2.80. The van der Waals surface area contributed by atoms with Crippen LogP contribution in [0.2, 0.25) is 0 Å². The van der Waals surface area contributed by atoms with Crippen LogP contribution in [0.15, 0.2) is 65.7 Å². The molecule has 1 atom stereocenters. The van der Waals surface area contributed by atoms with Crippen LogP contribution in [0, 0.1) is 5.82 Å². The van der Waals surface area contributed by atoms with Crippen LogP contribution in [0.3, 0.4) is 0 Å². The van der Waals surface area contributed by atoms with E-state index in [0.717, 1.165) is 17.4 Å². The molecule has 1 aromatic heterocycles. The second-order valence-electron chi connectivity index (χ2n) is 6.58. The minimum Gasteiger partial charge on any atom is -0.306 e. The van der Waals surface area contributed by atoms with Crippen LogP contribution in [0.25, 0.3) is 23.0 Å². The number of carbonyl (C=O) groups excluding carboxylic acids is 1. The maximum atomic E-state index is 13.4. The SMILES string of the molecule is O=C1/C(=C/c2cn(-c3ccccc3)nc2-c2ccc(F)cc2)SC(=S)N1CCS(=O)O. The summed E-state index contributed by atoms with van der Waals surface area (Å²) in [6, 6.07) is 15.5. The largest absolute Gasteiger partial charge is 0.306 e. The average Bonchev–Trinajstić information content (AvgIpc) is 3.29. The molecule has 0 spiro atoms. The maximum absolute atomic E-state index is 13.4. The lowest BCUT2D eigenvalue weighted by atomic mass is 10.1. The first-order chi connectivity index (χ1) is 14.9. The quantitative estimate of drug-likeness (QED) is 0.330. The van der Waals surface area contributed by atoms with Gasteiger partial charge in [0.15, 0.2) is 11.1 Å². The number of thioether (sulfide) groups is 1. The molecule has 2 heterocycles. The molecule has 3 aromatic rings. The lowest BCUT2D eigenvalue weighted by Crippen LogP contribution is -2.31. The normalized spacial score (nSPS) is 16.3. The molecule has 1 aliphatic rings. The Morgan fingerprint density at radius 2 is 1.87 bits per heavy atom. The third-order valence-electron chi connectivity index (χ3n) is 4.53. The maximum Gasteiger partial charge on any atom is 0.266 e. The highest BCUT2D eigenvalue weighted by Gasteiger charge is 2.32. The third kappa shape index (κ3) is 4.82. The van der Waals surface area contributed by atoms with E-state index in [4.69, 9.17) is 16.8 Å². The number of carbonyl (C=O) groups is 1. The first-order valence-electron chi connectivity index (χ1n) is 9.16. The van der Waals surface area contributed by atoms with Gasteiger partial charge in [-0.05, 0) is 42.5 Å². The molecular weight excluding hydrogens is 457 g/mol. The van der Waals surface area contributed by atoms with Gasteiger partial charge in [0, 0.05) is 23.9 Å². The zero-order valence-electron chi connectivity index (χ0n) is 16.0. The van der Waals surface area contributed by atoms with E-state index in [1.54, 1.807) is 29.1 Å². The van der Waals surface area contributed by atoms with Gasteiger partial charge >= 0.3 is 0 Å². The second-order valence-corrected chi connectivity index (χ2v) is 9.31. The number of aromatic nitrogens is 2. The van der Waals surface area contributed by atoms with E-state index in [0.29, 0.717) is 26.0 Å². The van der Waals surface area contributed by atoms with E-state index >= 15 is 0 Å². The third-order valence-corrected chi connectivity index (χ3v) is 6.44. The molecule has 1 unspecified atom stereocenters. The molecule has 1 fully saturated rings. The summed E-state index contributed by atoms with van der Waals surface area (Å²) in [6.07, 6.45) is 3.49. The van der Waals surface area contributed by atoms with Crippen molar-refractivity contribution >= 4 is 51.4 Å². The van der Waals surface area contributed by atoms with Crippen LogP contribution in [-0.4, -0.2) is 46.0 Å². The predicted octanol–water partition coefficient (Wildman–Crippen LogP) is 4.10. The van der Waals surface area contributed by atoms with Crippen molar-refractivity contribution in [1.29, 1.82) is 0 Å². The summed E-state index contributed by atoms with van der Waals surface area (Å²) in [5, 5.41) is 4.65. The number of hydrogen-bond donors (Lipinski definition) is 1. The first kappa shape index (κ1) is 21.6. The van der Waals surface area contributed by atoms with Gasteiger partial charge in [-0.25, -0.2) is 13.3 Å². The highest BCUT2D eigenvalue weighted by Crippen LogP contribution is 2.34. The van der Waals surface area contributed by atoms with Gasteiger partial charge in [0.25, 0.3) is 5.91 Å². The molecule has 1 amide bonds. The lowest BCUT2D eigenvalue weighted by Gasteiger charge is -2.12. The monoisotopic (exact) mass is 473 g/mol. The standard InChI is InChI=1S/C21H16FN3O3S3/c22-16-8-6-14(7-9-16)19-15(13-25(23-19)17-4-2-1-3-5-17)12-18-20(26)24(21(29)30-18)10-11-31(27)28/h1-9,12-13H,10-11H2,(H,27,28)/b18-12-. The molecule has 0 saturated carbocycles. The van der Waals surface area contributed by atoms with Gasteiger partial charge in [-0.2, -0.15) is 5.10 Å². The number of halogens is 1. The highest BCUT2D eigenvalue weighted by molar-refractivity contribution is 8.26. The Hall–Kier alpha value is -2.66. The molecule has 31 heavy (non-hydrogen) atoms. The number of benzene rings is 2. The summed E-state index contributed by atoms with van der Waals surface area (Å²) >= 11 is 4.39. The predicted molar refractivity (Wildman–Crippen MR) is 124 cm³/mol. The molecule has 1 aliphatic heterocycles. The molecule has 4 rings (SSSR count). The Kier molecular flexibility index (Phi) is 6.42. The molecule has 10 heteroatoms. The summed E-state index contributed by atoms with van der Waals surface area (Å²) in [7, 11) is 0. The van der Waals surface area contributed by atoms with Crippen LogP contribution < -0.4 is 0 Å². The van der Waals surface area contributed by atoms with Crippen LogP contribution in [0.1, 0.15) is 5.56 Å².